The first kappa shape index (κ1) is 14.8. The van der Waals surface area contributed by atoms with Crippen LogP contribution in [0.15, 0.2) is 0 Å². The van der Waals surface area contributed by atoms with Gasteiger partial charge in [-0.2, -0.15) is 0 Å². The Morgan fingerprint density at radius 3 is 2.33 bits per heavy atom. The van der Waals surface area contributed by atoms with Gasteiger partial charge in [0.05, 0.1) is 13.0 Å². The number of hydrogen-bond donors (Lipinski definition) is 0. The summed E-state index contributed by atoms with van der Waals surface area (Å²) >= 11 is 0. The summed E-state index contributed by atoms with van der Waals surface area (Å²) in [7, 11) is 1.37. The molecule has 0 radical (unpaired) electrons. The van der Waals surface area contributed by atoms with Gasteiger partial charge in [0.25, 0.3) is 0 Å². The SMILES string of the molecule is COC(=O)C1CC[C@@H](C)N(C(=O)OC(C)(C)C)C1. The summed E-state index contributed by atoms with van der Waals surface area (Å²) in [6.45, 7) is 7.84. The number of amides is 1. The number of carbonyl (C=O) groups excluding carboxylic acids is 2. The number of methoxy groups -OCH3 is 1. The van der Waals surface area contributed by atoms with Gasteiger partial charge in [0.2, 0.25) is 0 Å². The maximum atomic E-state index is 12.0. The van der Waals surface area contributed by atoms with E-state index in [9.17, 15) is 9.59 Å². The van der Waals surface area contributed by atoms with Crippen molar-refractivity contribution in [2.45, 2.75) is 52.2 Å². The lowest BCUT2D eigenvalue weighted by molar-refractivity contribution is -0.147. The maximum Gasteiger partial charge on any atom is 0.410 e. The van der Waals surface area contributed by atoms with E-state index in [4.69, 9.17) is 9.47 Å². The van der Waals surface area contributed by atoms with Gasteiger partial charge >= 0.3 is 12.1 Å². The molecule has 0 saturated carbocycles. The van der Waals surface area contributed by atoms with Crippen molar-refractivity contribution >= 4 is 12.1 Å². The second kappa shape index (κ2) is 5.59. The first-order chi connectivity index (χ1) is 8.24. The van der Waals surface area contributed by atoms with Crippen LogP contribution in [0.2, 0.25) is 0 Å². The van der Waals surface area contributed by atoms with Crippen LogP contribution in [0.4, 0.5) is 4.79 Å². The van der Waals surface area contributed by atoms with Gasteiger partial charge in [0.1, 0.15) is 5.60 Å². The van der Waals surface area contributed by atoms with Gasteiger partial charge in [-0.25, -0.2) is 4.79 Å². The topological polar surface area (TPSA) is 55.8 Å². The molecule has 1 aliphatic heterocycles. The molecule has 0 aromatic rings. The van der Waals surface area contributed by atoms with Crippen LogP contribution in [0.1, 0.15) is 40.5 Å². The van der Waals surface area contributed by atoms with E-state index in [0.717, 1.165) is 12.8 Å². The second-order valence-corrected chi connectivity index (χ2v) is 5.78. The normalized spacial score (nSPS) is 24.6. The van der Waals surface area contributed by atoms with Crippen molar-refractivity contribution in [2.75, 3.05) is 13.7 Å². The van der Waals surface area contributed by atoms with E-state index in [2.05, 4.69) is 0 Å². The van der Waals surface area contributed by atoms with E-state index in [1.165, 1.54) is 7.11 Å². The van der Waals surface area contributed by atoms with Crippen molar-refractivity contribution < 1.29 is 19.1 Å². The van der Waals surface area contributed by atoms with Crippen LogP contribution in [-0.4, -0.2) is 42.3 Å². The fourth-order valence-electron chi connectivity index (χ4n) is 2.04. The molecule has 0 N–H and O–H groups in total. The molecule has 1 aliphatic rings. The van der Waals surface area contributed by atoms with Gasteiger partial charge in [0, 0.05) is 12.6 Å². The highest BCUT2D eigenvalue weighted by atomic mass is 16.6. The van der Waals surface area contributed by atoms with Gasteiger partial charge in [-0.05, 0) is 40.5 Å². The molecule has 1 saturated heterocycles. The van der Waals surface area contributed by atoms with Crippen molar-refractivity contribution in [1.29, 1.82) is 0 Å². The summed E-state index contributed by atoms with van der Waals surface area (Å²) in [5.74, 6) is -0.492. The molecule has 1 amide bonds. The zero-order chi connectivity index (χ0) is 13.9. The zero-order valence-corrected chi connectivity index (χ0v) is 11.9. The Balaban J connectivity index is 2.67. The number of piperidine rings is 1. The molecule has 5 heteroatoms. The summed E-state index contributed by atoms with van der Waals surface area (Å²) in [6.07, 6.45) is 1.19. The Hall–Kier alpha value is -1.26. The minimum absolute atomic E-state index is 0.0979. The average Bonchev–Trinajstić information content (AvgIpc) is 2.26. The fraction of sp³-hybridized carbons (Fsp3) is 0.846. The van der Waals surface area contributed by atoms with Gasteiger partial charge in [-0.1, -0.05) is 0 Å². The predicted molar refractivity (Wildman–Crippen MR) is 67.1 cm³/mol. The first-order valence-electron chi connectivity index (χ1n) is 6.32. The molecule has 1 rings (SSSR count). The quantitative estimate of drug-likeness (QED) is 0.676. The molecule has 18 heavy (non-hydrogen) atoms. The third-order valence-corrected chi connectivity index (χ3v) is 3.04. The smallest absolute Gasteiger partial charge is 0.410 e. The van der Waals surface area contributed by atoms with Crippen LogP contribution in [0.5, 0.6) is 0 Å². The van der Waals surface area contributed by atoms with E-state index in [0.29, 0.717) is 6.54 Å². The summed E-state index contributed by atoms with van der Waals surface area (Å²) in [5, 5.41) is 0. The maximum absolute atomic E-state index is 12.0. The lowest BCUT2D eigenvalue weighted by atomic mass is 9.94. The van der Waals surface area contributed by atoms with E-state index >= 15 is 0 Å². The Morgan fingerprint density at radius 1 is 1.22 bits per heavy atom. The molecule has 0 aromatic heterocycles. The van der Waals surface area contributed by atoms with E-state index < -0.39 is 5.60 Å². The Kier molecular flexibility index (Phi) is 4.59. The molecule has 1 heterocycles. The number of hydrogen-bond acceptors (Lipinski definition) is 4. The summed E-state index contributed by atoms with van der Waals surface area (Å²) in [4.78, 5) is 25.2. The van der Waals surface area contributed by atoms with Crippen LogP contribution in [0.25, 0.3) is 0 Å². The molecule has 0 bridgehead atoms. The summed E-state index contributed by atoms with van der Waals surface area (Å²) < 4.78 is 10.1. The van der Waals surface area contributed by atoms with Gasteiger partial charge < -0.3 is 14.4 Å². The molecule has 1 fully saturated rings. The second-order valence-electron chi connectivity index (χ2n) is 5.78. The Bertz CT molecular complexity index is 321. The Labute approximate surface area is 108 Å². The van der Waals surface area contributed by atoms with Crippen molar-refractivity contribution in [3.05, 3.63) is 0 Å². The molecule has 2 atom stereocenters. The number of rotatable bonds is 1. The molecule has 0 aliphatic carbocycles. The van der Waals surface area contributed by atoms with E-state index in [1.54, 1.807) is 4.90 Å². The molecular weight excluding hydrogens is 234 g/mol. The first-order valence-corrected chi connectivity index (χ1v) is 6.32. The molecule has 0 aromatic carbocycles. The minimum Gasteiger partial charge on any atom is -0.469 e. The van der Waals surface area contributed by atoms with Crippen molar-refractivity contribution in [3.8, 4) is 0 Å². The van der Waals surface area contributed by atoms with Gasteiger partial charge in [-0.15, -0.1) is 0 Å². The monoisotopic (exact) mass is 257 g/mol. The minimum atomic E-state index is -0.519. The standard InChI is InChI=1S/C13H23NO4/c1-9-6-7-10(11(15)17-5)8-14(9)12(16)18-13(2,3)4/h9-10H,6-8H2,1-5H3/t9-,10?/m1/s1. The largest absolute Gasteiger partial charge is 0.469 e. The van der Waals surface area contributed by atoms with Crippen LogP contribution < -0.4 is 0 Å². The highest BCUT2D eigenvalue weighted by Crippen LogP contribution is 2.24. The molecule has 5 nitrogen and oxygen atoms in total. The van der Waals surface area contributed by atoms with Crippen LogP contribution in [-0.2, 0) is 14.3 Å². The van der Waals surface area contributed by atoms with Gasteiger partial charge in [-0.3, -0.25) is 4.79 Å². The van der Waals surface area contributed by atoms with Crippen LogP contribution in [0.3, 0.4) is 0 Å². The van der Waals surface area contributed by atoms with Crippen molar-refractivity contribution in [1.82, 2.24) is 4.90 Å². The van der Waals surface area contributed by atoms with E-state index in [-0.39, 0.29) is 24.0 Å². The number of carbonyl (C=O) groups is 2. The van der Waals surface area contributed by atoms with Crippen LogP contribution in [0, 0.1) is 5.92 Å². The van der Waals surface area contributed by atoms with Crippen molar-refractivity contribution in [3.63, 3.8) is 0 Å². The number of nitrogens with zero attached hydrogens (tertiary/aromatic N) is 1. The third-order valence-electron chi connectivity index (χ3n) is 3.04. The third kappa shape index (κ3) is 3.89. The lowest BCUT2D eigenvalue weighted by Gasteiger charge is -2.37. The predicted octanol–water partition coefficient (Wildman–Crippen LogP) is 2.20. The summed E-state index contributed by atoms with van der Waals surface area (Å²) in [6, 6.07) is 0.0979. The lowest BCUT2D eigenvalue weighted by Crippen LogP contribution is -2.49. The van der Waals surface area contributed by atoms with Crippen molar-refractivity contribution in [2.24, 2.45) is 5.92 Å². The number of ether oxygens (including phenoxy) is 2. The molecule has 0 spiro atoms. The average molecular weight is 257 g/mol. The highest BCUT2D eigenvalue weighted by Gasteiger charge is 2.35. The molecule has 1 unspecified atom stereocenters. The highest BCUT2D eigenvalue weighted by molar-refractivity contribution is 5.75. The number of likely N-dealkylation sites (tertiary alicyclic amines) is 1. The summed E-state index contributed by atoms with van der Waals surface area (Å²) in [5.41, 5.74) is -0.519. The Morgan fingerprint density at radius 2 is 1.83 bits per heavy atom. The van der Waals surface area contributed by atoms with Crippen LogP contribution >= 0.6 is 0 Å². The van der Waals surface area contributed by atoms with E-state index in [1.807, 2.05) is 27.7 Å². The zero-order valence-electron chi connectivity index (χ0n) is 11.9. The number of esters is 1. The molecular formula is C13H23NO4. The molecule has 104 valence electrons. The van der Waals surface area contributed by atoms with Gasteiger partial charge in [0.15, 0.2) is 0 Å². The fourth-order valence-corrected chi connectivity index (χ4v) is 2.04.